The zero-order chi connectivity index (χ0) is 16.8. The normalized spacial score (nSPS) is 16.8. The predicted molar refractivity (Wildman–Crippen MR) is 90.4 cm³/mol. The standard InChI is InChI=1S/C19H21FN2O2/c20-15-5-9-18(10-6-15)24-17-7-3-14(4-8-17)13-22-19(23)12-16-2-1-11-21-16/h3-10,16,21H,1-2,11-13H2,(H,22,23). The Hall–Kier alpha value is -2.40. The quantitative estimate of drug-likeness (QED) is 0.855. The summed E-state index contributed by atoms with van der Waals surface area (Å²) in [6.45, 7) is 1.51. The lowest BCUT2D eigenvalue weighted by atomic mass is 10.1. The summed E-state index contributed by atoms with van der Waals surface area (Å²) >= 11 is 0. The van der Waals surface area contributed by atoms with Gasteiger partial charge in [-0.05, 0) is 61.3 Å². The van der Waals surface area contributed by atoms with Crippen LogP contribution in [-0.4, -0.2) is 18.5 Å². The second-order valence-corrected chi connectivity index (χ2v) is 5.97. The minimum atomic E-state index is -0.291. The molecule has 0 aromatic heterocycles. The summed E-state index contributed by atoms with van der Waals surface area (Å²) in [5.74, 6) is 1.04. The van der Waals surface area contributed by atoms with E-state index in [0.29, 0.717) is 30.5 Å². The summed E-state index contributed by atoms with van der Waals surface area (Å²) in [5, 5.41) is 6.26. The Morgan fingerprint density at radius 1 is 1.12 bits per heavy atom. The second kappa shape index (κ2) is 7.93. The lowest BCUT2D eigenvalue weighted by Crippen LogP contribution is -2.31. The van der Waals surface area contributed by atoms with Crippen molar-refractivity contribution < 1.29 is 13.9 Å². The SMILES string of the molecule is O=C(CC1CCCN1)NCc1ccc(Oc2ccc(F)cc2)cc1. The molecule has 126 valence electrons. The molecule has 1 fully saturated rings. The van der Waals surface area contributed by atoms with Crippen molar-refractivity contribution in [1.82, 2.24) is 10.6 Å². The average Bonchev–Trinajstić information content (AvgIpc) is 3.09. The topological polar surface area (TPSA) is 50.4 Å². The molecule has 4 nitrogen and oxygen atoms in total. The average molecular weight is 328 g/mol. The number of hydrogen-bond donors (Lipinski definition) is 2. The van der Waals surface area contributed by atoms with Crippen molar-refractivity contribution in [2.75, 3.05) is 6.54 Å². The maximum atomic E-state index is 12.9. The summed E-state index contributed by atoms with van der Waals surface area (Å²) in [5.41, 5.74) is 1.01. The number of amides is 1. The number of ether oxygens (including phenoxy) is 1. The molecule has 2 aromatic carbocycles. The van der Waals surface area contributed by atoms with E-state index in [4.69, 9.17) is 4.74 Å². The summed E-state index contributed by atoms with van der Waals surface area (Å²) in [4.78, 5) is 11.9. The van der Waals surface area contributed by atoms with Crippen LogP contribution >= 0.6 is 0 Å². The molecule has 1 aliphatic rings. The zero-order valence-corrected chi connectivity index (χ0v) is 13.4. The first-order valence-electron chi connectivity index (χ1n) is 8.21. The number of hydrogen-bond acceptors (Lipinski definition) is 3. The van der Waals surface area contributed by atoms with Crippen LogP contribution in [0, 0.1) is 5.82 Å². The molecule has 1 atom stereocenters. The van der Waals surface area contributed by atoms with Gasteiger partial charge in [0, 0.05) is 19.0 Å². The van der Waals surface area contributed by atoms with Crippen molar-refractivity contribution in [3.8, 4) is 11.5 Å². The van der Waals surface area contributed by atoms with Crippen LogP contribution < -0.4 is 15.4 Å². The van der Waals surface area contributed by atoms with E-state index >= 15 is 0 Å². The Balaban J connectivity index is 1.47. The lowest BCUT2D eigenvalue weighted by molar-refractivity contribution is -0.121. The first-order chi connectivity index (χ1) is 11.7. The molecule has 0 radical (unpaired) electrons. The first-order valence-corrected chi connectivity index (χ1v) is 8.21. The van der Waals surface area contributed by atoms with Gasteiger partial charge in [0.25, 0.3) is 0 Å². The molecule has 0 spiro atoms. The molecule has 3 rings (SSSR count). The Kier molecular flexibility index (Phi) is 5.43. The third kappa shape index (κ3) is 4.80. The van der Waals surface area contributed by atoms with Crippen molar-refractivity contribution in [2.24, 2.45) is 0 Å². The van der Waals surface area contributed by atoms with Gasteiger partial charge in [0.1, 0.15) is 17.3 Å². The van der Waals surface area contributed by atoms with Crippen LogP contribution in [0.4, 0.5) is 4.39 Å². The third-order valence-electron chi connectivity index (χ3n) is 4.06. The molecule has 1 unspecified atom stereocenters. The number of rotatable bonds is 6. The number of halogens is 1. The lowest BCUT2D eigenvalue weighted by Gasteiger charge is -2.11. The van der Waals surface area contributed by atoms with E-state index in [1.54, 1.807) is 12.1 Å². The van der Waals surface area contributed by atoms with Crippen LogP contribution in [0.3, 0.4) is 0 Å². The van der Waals surface area contributed by atoms with Gasteiger partial charge in [0.15, 0.2) is 0 Å². The van der Waals surface area contributed by atoms with Gasteiger partial charge in [-0.15, -0.1) is 0 Å². The zero-order valence-electron chi connectivity index (χ0n) is 13.4. The van der Waals surface area contributed by atoms with Crippen molar-refractivity contribution in [3.05, 3.63) is 59.9 Å². The highest BCUT2D eigenvalue weighted by Gasteiger charge is 2.17. The van der Waals surface area contributed by atoms with Gasteiger partial charge in [0.2, 0.25) is 5.91 Å². The van der Waals surface area contributed by atoms with Crippen LogP contribution in [0.25, 0.3) is 0 Å². The molecule has 1 heterocycles. The number of carbonyl (C=O) groups excluding carboxylic acids is 1. The van der Waals surface area contributed by atoms with Crippen molar-refractivity contribution in [3.63, 3.8) is 0 Å². The number of carbonyl (C=O) groups is 1. The molecule has 0 bridgehead atoms. The van der Waals surface area contributed by atoms with Crippen LogP contribution in [0.1, 0.15) is 24.8 Å². The van der Waals surface area contributed by atoms with Crippen LogP contribution in [-0.2, 0) is 11.3 Å². The van der Waals surface area contributed by atoms with E-state index in [9.17, 15) is 9.18 Å². The molecule has 0 aliphatic carbocycles. The maximum absolute atomic E-state index is 12.9. The second-order valence-electron chi connectivity index (χ2n) is 5.97. The molecule has 24 heavy (non-hydrogen) atoms. The van der Waals surface area contributed by atoms with E-state index in [2.05, 4.69) is 10.6 Å². The maximum Gasteiger partial charge on any atom is 0.221 e. The van der Waals surface area contributed by atoms with Gasteiger partial charge in [-0.2, -0.15) is 0 Å². The van der Waals surface area contributed by atoms with E-state index in [-0.39, 0.29) is 11.7 Å². The van der Waals surface area contributed by atoms with Crippen LogP contribution in [0.15, 0.2) is 48.5 Å². The molecule has 1 aliphatic heterocycles. The summed E-state index contributed by atoms with van der Waals surface area (Å²) in [6.07, 6.45) is 2.75. The minimum Gasteiger partial charge on any atom is -0.457 e. The van der Waals surface area contributed by atoms with Gasteiger partial charge in [-0.3, -0.25) is 4.79 Å². The highest BCUT2D eigenvalue weighted by Crippen LogP contribution is 2.21. The molecule has 2 N–H and O–H groups in total. The Bertz CT molecular complexity index is 665. The number of nitrogens with one attached hydrogen (secondary N) is 2. The van der Waals surface area contributed by atoms with Crippen LogP contribution in [0.2, 0.25) is 0 Å². The molecule has 2 aromatic rings. The third-order valence-corrected chi connectivity index (χ3v) is 4.06. The molecule has 1 saturated heterocycles. The van der Waals surface area contributed by atoms with E-state index in [1.807, 2.05) is 24.3 Å². The van der Waals surface area contributed by atoms with E-state index in [1.165, 1.54) is 12.1 Å². The van der Waals surface area contributed by atoms with Gasteiger partial charge in [0.05, 0.1) is 0 Å². The molecule has 5 heteroatoms. The van der Waals surface area contributed by atoms with Crippen molar-refractivity contribution in [2.45, 2.75) is 31.8 Å². The molecular weight excluding hydrogens is 307 g/mol. The Morgan fingerprint density at radius 3 is 2.42 bits per heavy atom. The Morgan fingerprint density at radius 2 is 1.79 bits per heavy atom. The molecule has 1 amide bonds. The van der Waals surface area contributed by atoms with Crippen LogP contribution in [0.5, 0.6) is 11.5 Å². The minimum absolute atomic E-state index is 0.0704. The fourth-order valence-electron chi connectivity index (χ4n) is 2.74. The van der Waals surface area contributed by atoms with Gasteiger partial charge < -0.3 is 15.4 Å². The summed E-state index contributed by atoms with van der Waals surface area (Å²) in [7, 11) is 0. The molecular formula is C19H21FN2O2. The monoisotopic (exact) mass is 328 g/mol. The predicted octanol–water partition coefficient (Wildman–Crippen LogP) is 3.38. The van der Waals surface area contributed by atoms with Crippen molar-refractivity contribution in [1.29, 1.82) is 0 Å². The number of benzene rings is 2. The fraction of sp³-hybridized carbons (Fsp3) is 0.316. The Labute approximate surface area is 141 Å². The van der Waals surface area contributed by atoms with E-state index in [0.717, 1.165) is 24.9 Å². The van der Waals surface area contributed by atoms with Gasteiger partial charge >= 0.3 is 0 Å². The highest BCUT2D eigenvalue weighted by molar-refractivity contribution is 5.76. The fourth-order valence-corrected chi connectivity index (χ4v) is 2.74. The summed E-state index contributed by atoms with van der Waals surface area (Å²) in [6, 6.07) is 13.7. The first kappa shape index (κ1) is 16.5. The van der Waals surface area contributed by atoms with Gasteiger partial charge in [-0.25, -0.2) is 4.39 Å². The van der Waals surface area contributed by atoms with Crippen molar-refractivity contribution >= 4 is 5.91 Å². The van der Waals surface area contributed by atoms with E-state index < -0.39 is 0 Å². The summed E-state index contributed by atoms with van der Waals surface area (Å²) < 4.78 is 18.5. The van der Waals surface area contributed by atoms with Gasteiger partial charge in [-0.1, -0.05) is 12.1 Å². The molecule has 0 saturated carbocycles. The smallest absolute Gasteiger partial charge is 0.221 e. The highest BCUT2D eigenvalue weighted by atomic mass is 19.1. The largest absolute Gasteiger partial charge is 0.457 e.